The summed E-state index contributed by atoms with van der Waals surface area (Å²) in [5.41, 5.74) is 3.56. The lowest BCUT2D eigenvalue weighted by molar-refractivity contribution is 0.102. The second kappa shape index (κ2) is 8.29. The third-order valence-corrected chi connectivity index (χ3v) is 3.49. The van der Waals surface area contributed by atoms with Crippen molar-refractivity contribution in [2.45, 2.75) is 20.3 Å². The monoisotopic (exact) mass is 313 g/mol. The van der Waals surface area contributed by atoms with Crippen molar-refractivity contribution in [1.29, 1.82) is 0 Å². The quantitative estimate of drug-likeness (QED) is 0.769. The van der Waals surface area contributed by atoms with Crippen LogP contribution in [0, 0.1) is 13.8 Å². The van der Waals surface area contributed by atoms with Crippen molar-refractivity contribution in [3.63, 3.8) is 0 Å². The summed E-state index contributed by atoms with van der Waals surface area (Å²) in [5, 5.41) is 6.14. The Balaban J connectivity index is 2.03. The van der Waals surface area contributed by atoms with E-state index in [1.807, 2.05) is 32.0 Å². The number of hydrogen-bond acceptors (Lipinski definition) is 4. The number of anilines is 2. The smallest absolute Gasteiger partial charge is 0.255 e. The molecule has 2 rings (SSSR count). The number of nitrogens with zero attached hydrogens (tertiary/aromatic N) is 1. The lowest BCUT2D eigenvalue weighted by Gasteiger charge is -2.10. The number of nitrogens with one attached hydrogen (secondary N) is 2. The van der Waals surface area contributed by atoms with Gasteiger partial charge < -0.3 is 15.4 Å². The van der Waals surface area contributed by atoms with E-state index in [0.717, 1.165) is 29.8 Å². The summed E-state index contributed by atoms with van der Waals surface area (Å²) in [6.45, 7) is 5.43. The number of hydrogen-bond donors (Lipinski definition) is 2. The first-order chi connectivity index (χ1) is 11.1. The van der Waals surface area contributed by atoms with Gasteiger partial charge in [0.2, 0.25) is 0 Å². The molecule has 1 aromatic heterocycles. The molecule has 0 saturated carbocycles. The summed E-state index contributed by atoms with van der Waals surface area (Å²) in [5.74, 6) is 0.552. The van der Waals surface area contributed by atoms with Gasteiger partial charge in [-0.25, -0.2) is 4.98 Å². The first kappa shape index (κ1) is 17.0. The highest BCUT2D eigenvalue weighted by atomic mass is 16.5. The second-order valence-electron chi connectivity index (χ2n) is 5.48. The van der Waals surface area contributed by atoms with Gasteiger partial charge in [-0.1, -0.05) is 12.1 Å². The average Bonchev–Trinajstić information content (AvgIpc) is 2.55. The number of methoxy groups -OCH3 is 1. The molecule has 0 aliphatic rings. The third-order valence-electron chi connectivity index (χ3n) is 3.49. The minimum atomic E-state index is -0.138. The normalized spacial score (nSPS) is 10.4. The van der Waals surface area contributed by atoms with E-state index in [-0.39, 0.29) is 5.91 Å². The topological polar surface area (TPSA) is 63.2 Å². The van der Waals surface area contributed by atoms with Gasteiger partial charge in [-0.2, -0.15) is 0 Å². The molecule has 0 fully saturated rings. The minimum absolute atomic E-state index is 0.138. The predicted molar refractivity (Wildman–Crippen MR) is 93.1 cm³/mol. The molecule has 0 atom stereocenters. The van der Waals surface area contributed by atoms with E-state index in [0.29, 0.717) is 18.0 Å². The largest absolute Gasteiger partial charge is 0.385 e. The SMILES string of the molecule is COCCCNc1cc(C(=O)Nc2cc(C)ccc2C)ccn1. The van der Waals surface area contributed by atoms with Crippen LogP contribution >= 0.6 is 0 Å². The molecule has 2 N–H and O–H groups in total. The number of amides is 1. The van der Waals surface area contributed by atoms with Gasteiger partial charge in [0, 0.05) is 37.7 Å². The number of carbonyl (C=O) groups is 1. The van der Waals surface area contributed by atoms with Crippen molar-refractivity contribution in [3.8, 4) is 0 Å². The van der Waals surface area contributed by atoms with Crippen LogP contribution in [0.25, 0.3) is 0 Å². The van der Waals surface area contributed by atoms with Crippen LogP contribution in [0.1, 0.15) is 27.9 Å². The summed E-state index contributed by atoms with van der Waals surface area (Å²) in [7, 11) is 1.68. The number of rotatable bonds is 7. The highest BCUT2D eigenvalue weighted by Gasteiger charge is 2.09. The standard InChI is InChI=1S/C18H23N3O2/c1-13-5-6-14(2)16(11-13)21-18(22)15-7-9-20-17(12-15)19-8-4-10-23-3/h5-7,9,11-12H,4,8,10H2,1-3H3,(H,19,20)(H,21,22). The summed E-state index contributed by atoms with van der Waals surface area (Å²) < 4.78 is 5.00. The van der Waals surface area contributed by atoms with E-state index in [2.05, 4.69) is 15.6 Å². The molecular formula is C18H23N3O2. The van der Waals surface area contributed by atoms with Crippen molar-refractivity contribution in [1.82, 2.24) is 4.98 Å². The molecule has 0 unspecified atom stereocenters. The molecule has 1 amide bonds. The second-order valence-corrected chi connectivity index (χ2v) is 5.48. The molecule has 23 heavy (non-hydrogen) atoms. The zero-order valence-electron chi connectivity index (χ0n) is 13.8. The fourth-order valence-corrected chi connectivity index (χ4v) is 2.17. The van der Waals surface area contributed by atoms with Gasteiger partial charge in [-0.3, -0.25) is 4.79 Å². The lowest BCUT2D eigenvalue weighted by Crippen LogP contribution is -2.14. The molecule has 5 nitrogen and oxygen atoms in total. The van der Waals surface area contributed by atoms with Crippen molar-refractivity contribution in [2.75, 3.05) is 30.9 Å². The van der Waals surface area contributed by atoms with Crippen LogP contribution in [-0.4, -0.2) is 31.2 Å². The molecule has 1 aromatic carbocycles. The summed E-state index contributed by atoms with van der Waals surface area (Å²) in [6, 6.07) is 9.46. The zero-order valence-corrected chi connectivity index (χ0v) is 13.8. The fraction of sp³-hybridized carbons (Fsp3) is 0.333. The lowest BCUT2D eigenvalue weighted by atomic mass is 10.1. The number of carbonyl (C=O) groups excluding carboxylic acids is 1. The maximum Gasteiger partial charge on any atom is 0.255 e. The zero-order chi connectivity index (χ0) is 16.7. The van der Waals surface area contributed by atoms with Gasteiger partial charge in [-0.05, 0) is 49.6 Å². The first-order valence-electron chi connectivity index (χ1n) is 7.67. The summed E-state index contributed by atoms with van der Waals surface area (Å²) in [6.07, 6.45) is 2.52. The fourth-order valence-electron chi connectivity index (χ4n) is 2.17. The molecule has 1 heterocycles. The Morgan fingerprint density at radius 3 is 2.83 bits per heavy atom. The molecule has 0 aliphatic heterocycles. The van der Waals surface area contributed by atoms with E-state index >= 15 is 0 Å². The molecule has 0 bridgehead atoms. The van der Waals surface area contributed by atoms with Gasteiger partial charge in [0.1, 0.15) is 5.82 Å². The molecule has 5 heteroatoms. The number of ether oxygens (including phenoxy) is 1. The van der Waals surface area contributed by atoms with Crippen LogP contribution in [0.5, 0.6) is 0 Å². The summed E-state index contributed by atoms with van der Waals surface area (Å²) in [4.78, 5) is 16.6. The van der Waals surface area contributed by atoms with Gasteiger partial charge in [0.25, 0.3) is 5.91 Å². The Labute approximate surface area is 137 Å². The number of benzene rings is 1. The van der Waals surface area contributed by atoms with Crippen molar-refractivity contribution < 1.29 is 9.53 Å². The van der Waals surface area contributed by atoms with Gasteiger partial charge in [0.15, 0.2) is 0 Å². The highest BCUT2D eigenvalue weighted by Crippen LogP contribution is 2.18. The van der Waals surface area contributed by atoms with E-state index in [1.54, 1.807) is 25.4 Å². The Morgan fingerprint density at radius 2 is 2.04 bits per heavy atom. The predicted octanol–water partition coefficient (Wildman–Crippen LogP) is 3.40. The molecule has 0 radical (unpaired) electrons. The van der Waals surface area contributed by atoms with Gasteiger partial charge in [0.05, 0.1) is 0 Å². The Morgan fingerprint density at radius 1 is 1.22 bits per heavy atom. The Hall–Kier alpha value is -2.40. The molecule has 0 aliphatic carbocycles. The van der Waals surface area contributed by atoms with Gasteiger partial charge >= 0.3 is 0 Å². The molecule has 2 aromatic rings. The van der Waals surface area contributed by atoms with E-state index in [9.17, 15) is 4.79 Å². The van der Waals surface area contributed by atoms with Crippen LogP contribution in [0.15, 0.2) is 36.5 Å². The third kappa shape index (κ3) is 5.07. The summed E-state index contributed by atoms with van der Waals surface area (Å²) >= 11 is 0. The number of aryl methyl sites for hydroxylation is 2. The van der Waals surface area contributed by atoms with E-state index < -0.39 is 0 Å². The molecule has 0 spiro atoms. The molecule has 122 valence electrons. The highest BCUT2D eigenvalue weighted by molar-refractivity contribution is 6.05. The van der Waals surface area contributed by atoms with Crippen LogP contribution < -0.4 is 10.6 Å². The van der Waals surface area contributed by atoms with E-state index in [1.165, 1.54) is 0 Å². The van der Waals surface area contributed by atoms with Crippen molar-refractivity contribution >= 4 is 17.4 Å². The van der Waals surface area contributed by atoms with Crippen LogP contribution in [-0.2, 0) is 4.74 Å². The number of pyridine rings is 1. The number of aromatic nitrogens is 1. The first-order valence-corrected chi connectivity index (χ1v) is 7.67. The van der Waals surface area contributed by atoms with Crippen LogP contribution in [0.2, 0.25) is 0 Å². The Bertz CT molecular complexity index is 671. The Kier molecular flexibility index (Phi) is 6.11. The van der Waals surface area contributed by atoms with Gasteiger partial charge in [-0.15, -0.1) is 0 Å². The molecular weight excluding hydrogens is 290 g/mol. The van der Waals surface area contributed by atoms with Crippen LogP contribution in [0.3, 0.4) is 0 Å². The maximum absolute atomic E-state index is 12.4. The van der Waals surface area contributed by atoms with Crippen LogP contribution in [0.4, 0.5) is 11.5 Å². The molecule has 0 saturated heterocycles. The van der Waals surface area contributed by atoms with Crippen molar-refractivity contribution in [3.05, 3.63) is 53.2 Å². The average molecular weight is 313 g/mol. The van der Waals surface area contributed by atoms with E-state index in [4.69, 9.17) is 4.74 Å². The minimum Gasteiger partial charge on any atom is -0.385 e. The van der Waals surface area contributed by atoms with Crippen molar-refractivity contribution in [2.24, 2.45) is 0 Å². The maximum atomic E-state index is 12.4.